The van der Waals surface area contributed by atoms with Gasteiger partial charge < -0.3 is 10.2 Å². The van der Waals surface area contributed by atoms with E-state index in [4.69, 9.17) is 11.6 Å². The molecule has 1 N–H and O–H groups in total. The first-order valence-corrected chi connectivity index (χ1v) is 9.51. The van der Waals surface area contributed by atoms with Crippen LogP contribution < -0.4 is 5.32 Å². The Hall–Kier alpha value is -3.19. The monoisotopic (exact) mass is 412 g/mol. The molecule has 0 spiro atoms. The summed E-state index contributed by atoms with van der Waals surface area (Å²) in [6.07, 6.45) is 0. The van der Waals surface area contributed by atoms with Crippen molar-refractivity contribution in [3.05, 3.63) is 76.7 Å². The van der Waals surface area contributed by atoms with E-state index < -0.39 is 0 Å². The molecular weight excluding hydrogens is 395 g/mol. The van der Waals surface area contributed by atoms with Crippen molar-refractivity contribution in [2.45, 2.75) is 13.1 Å². The molecule has 0 fully saturated rings. The molecule has 0 saturated heterocycles. The number of nitrogens with zero attached hydrogens (tertiary/aromatic N) is 3. The number of nitrogens with one attached hydrogen (secondary N) is 1. The van der Waals surface area contributed by atoms with Gasteiger partial charge in [0.25, 0.3) is 5.91 Å². The second kappa shape index (κ2) is 8.05. The van der Waals surface area contributed by atoms with Crippen LogP contribution in [0, 0.1) is 5.82 Å². The van der Waals surface area contributed by atoms with E-state index >= 15 is 0 Å². The number of rotatable bonds is 5. The Kier molecular flexibility index (Phi) is 5.31. The minimum absolute atomic E-state index is 0.0599. The minimum Gasteiger partial charge on any atom is -0.350 e. The third-order valence-electron chi connectivity index (χ3n) is 4.72. The number of fused-ring (bicyclic) bond motifs is 1. The summed E-state index contributed by atoms with van der Waals surface area (Å²) in [6.45, 7) is 1.04. The highest BCUT2D eigenvalue weighted by Crippen LogP contribution is 2.23. The molecule has 2 heterocycles. The Bertz CT molecular complexity index is 1060. The van der Waals surface area contributed by atoms with Crippen molar-refractivity contribution in [3.63, 3.8) is 0 Å². The third kappa shape index (κ3) is 4.30. The fourth-order valence-corrected chi connectivity index (χ4v) is 3.35. The lowest BCUT2D eigenvalue weighted by molar-refractivity contribution is -0.122. The zero-order valence-electron chi connectivity index (χ0n) is 15.4. The van der Waals surface area contributed by atoms with Gasteiger partial charge in [0, 0.05) is 23.7 Å². The van der Waals surface area contributed by atoms with Gasteiger partial charge in [0.15, 0.2) is 0 Å². The van der Waals surface area contributed by atoms with Gasteiger partial charge in [-0.1, -0.05) is 35.9 Å². The number of carbonyl (C=O) groups excluding carboxylic acids is 2. The van der Waals surface area contributed by atoms with Crippen molar-refractivity contribution in [1.82, 2.24) is 20.0 Å². The first-order chi connectivity index (χ1) is 14.0. The predicted octanol–water partition coefficient (Wildman–Crippen LogP) is 3.11. The van der Waals surface area contributed by atoms with Crippen LogP contribution in [0.3, 0.4) is 0 Å². The Morgan fingerprint density at radius 2 is 1.93 bits per heavy atom. The van der Waals surface area contributed by atoms with E-state index in [1.165, 1.54) is 17.0 Å². The number of hydrogen-bond acceptors (Lipinski definition) is 3. The summed E-state index contributed by atoms with van der Waals surface area (Å²) in [7, 11) is 0. The molecule has 29 heavy (non-hydrogen) atoms. The summed E-state index contributed by atoms with van der Waals surface area (Å²) in [5.74, 6) is -0.897. The number of halogens is 2. The molecule has 2 aromatic carbocycles. The van der Waals surface area contributed by atoms with Crippen LogP contribution in [0.4, 0.5) is 4.39 Å². The highest BCUT2D eigenvalue weighted by Gasteiger charge is 2.28. The summed E-state index contributed by atoms with van der Waals surface area (Å²) >= 11 is 5.92. The van der Waals surface area contributed by atoms with E-state index in [1.807, 2.05) is 12.1 Å². The molecule has 0 bridgehead atoms. The smallest absolute Gasteiger partial charge is 0.272 e. The molecule has 6 nitrogen and oxygen atoms in total. The van der Waals surface area contributed by atoms with Crippen LogP contribution in [-0.4, -0.2) is 39.6 Å². The van der Waals surface area contributed by atoms with Crippen molar-refractivity contribution in [3.8, 4) is 11.3 Å². The molecule has 1 aliphatic rings. The van der Waals surface area contributed by atoms with Gasteiger partial charge in [0.2, 0.25) is 5.91 Å². The maximum atomic E-state index is 13.2. The molecule has 3 aromatic rings. The molecular formula is C21H18ClFN4O2. The maximum Gasteiger partial charge on any atom is 0.272 e. The molecule has 0 radical (unpaired) electrons. The maximum absolute atomic E-state index is 13.2. The number of amides is 2. The molecule has 1 aliphatic heterocycles. The lowest BCUT2D eigenvalue weighted by Crippen LogP contribution is -2.45. The van der Waals surface area contributed by atoms with Crippen molar-refractivity contribution < 1.29 is 14.0 Å². The normalized spacial score (nSPS) is 13.3. The second-order valence-electron chi connectivity index (χ2n) is 6.78. The van der Waals surface area contributed by atoms with E-state index in [0.717, 1.165) is 5.56 Å². The van der Waals surface area contributed by atoms with E-state index in [0.29, 0.717) is 35.1 Å². The summed E-state index contributed by atoms with van der Waals surface area (Å²) < 4.78 is 14.9. The van der Waals surface area contributed by atoms with Gasteiger partial charge in [-0.3, -0.25) is 14.3 Å². The van der Waals surface area contributed by atoms with Crippen molar-refractivity contribution in [1.29, 1.82) is 0 Å². The van der Waals surface area contributed by atoms with Gasteiger partial charge in [-0.25, -0.2) is 4.39 Å². The van der Waals surface area contributed by atoms with Crippen LogP contribution in [0.1, 0.15) is 16.1 Å². The van der Waals surface area contributed by atoms with Crippen LogP contribution in [0.25, 0.3) is 11.3 Å². The quantitative estimate of drug-likeness (QED) is 0.700. The van der Waals surface area contributed by atoms with Gasteiger partial charge in [-0.05, 0) is 35.9 Å². The highest BCUT2D eigenvalue weighted by atomic mass is 35.5. The number of hydrogen-bond donors (Lipinski definition) is 1. The zero-order valence-corrected chi connectivity index (χ0v) is 16.2. The molecule has 1 aromatic heterocycles. The van der Waals surface area contributed by atoms with Crippen LogP contribution in [0.15, 0.2) is 54.6 Å². The standard InChI is InChI=1S/C21H18ClFN4O2/c22-16-6-4-15(5-7-16)18-11-19-21(29)26(8-9-27(19)25-18)13-20(28)24-12-14-2-1-3-17(23)10-14/h1-7,10-11H,8-9,12-13H2,(H,24,28). The topological polar surface area (TPSA) is 67.2 Å². The Labute approximate surface area is 171 Å². The summed E-state index contributed by atoms with van der Waals surface area (Å²) in [5.41, 5.74) is 2.65. The van der Waals surface area contributed by atoms with E-state index in [2.05, 4.69) is 10.4 Å². The van der Waals surface area contributed by atoms with Gasteiger partial charge in [0.1, 0.15) is 11.5 Å². The van der Waals surface area contributed by atoms with Crippen LogP contribution >= 0.6 is 11.6 Å². The van der Waals surface area contributed by atoms with Crippen LogP contribution in [0.2, 0.25) is 5.02 Å². The van der Waals surface area contributed by atoms with Gasteiger partial charge in [0.05, 0.1) is 18.8 Å². The van der Waals surface area contributed by atoms with Crippen LogP contribution in [0.5, 0.6) is 0 Å². The molecule has 0 saturated carbocycles. The van der Waals surface area contributed by atoms with Crippen molar-refractivity contribution in [2.75, 3.05) is 13.1 Å². The SMILES string of the molecule is O=C(CN1CCn2nc(-c3ccc(Cl)cc3)cc2C1=O)NCc1cccc(F)c1. The minimum atomic E-state index is -0.354. The Morgan fingerprint density at radius 1 is 1.14 bits per heavy atom. The van der Waals surface area contributed by atoms with E-state index in [-0.39, 0.29) is 30.7 Å². The lowest BCUT2D eigenvalue weighted by Gasteiger charge is -2.26. The largest absolute Gasteiger partial charge is 0.350 e. The first kappa shape index (κ1) is 19.1. The average molecular weight is 413 g/mol. The highest BCUT2D eigenvalue weighted by molar-refractivity contribution is 6.30. The second-order valence-corrected chi connectivity index (χ2v) is 7.21. The van der Waals surface area contributed by atoms with E-state index in [1.54, 1.807) is 35.0 Å². The zero-order chi connectivity index (χ0) is 20.4. The Morgan fingerprint density at radius 3 is 2.69 bits per heavy atom. The van der Waals surface area contributed by atoms with Gasteiger partial charge >= 0.3 is 0 Å². The molecule has 4 rings (SSSR count). The number of carbonyl (C=O) groups is 2. The predicted molar refractivity (Wildman–Crippen MR) is 107 cm³/mol. The summed E-state index contributed by atoms with van der Waals surface area (Å²) in [6, 6.07) is 15.0. The molecule has 0 unspecified atom stereocenters. The first-order valence-electron chi connectivity index (χ1n) is 9.14. The van der Waals surface area contributed by atoms with Gasteiger partial charge in [-0.15, -0.1) is 0 Å². The van der Waals surface area contributed by atoms with Crippen molar-refractivity contribution in [2.24, 2.45) is 0 Å². The molecule has 148 valence electrons. The molecule has 8 heteroatoms. The fourth-order valence-electron chi connectivity index (χ4n) is 3.23. The molecule has 2 amide bonds. The molecule has 0 aliphatic carbocycles. The third-order valence-corrected chi connectivity index (χ3v) is 4.97. The van der Waals surface area contributed by atoms with Gasteiger partial charge in [-0.2, -0.15) is 5.10 Å². The summed E-state index contributed by atoms with van der Waals surface area (Å²) in [4.78, 5) is 26.5. The number of aromatic nitrogens is 2. The fraction of sp³-hybridized carbons (Fsp3) is 0.190. The van der Waals surface area contributed by atoms with Crippen molar-refractivity contribution >= 4 is 23.4 Å². The van der Waals surface area contributed by atoms with E-state index in [9.17, 15) is 14.0 Å². The number of benzene rings is 2. The lowest BCUT2D eigenvalue weighted by atomic mass is 10.1. The Balaban J connectivity index is 1.40. The molecule has 0 atom stereocenters. The summed E-state index contributed by atoms with van der Waals surface area (Å²) in [5, 5.41) is 7.84. The average Bonchev–Trinajstić information content (AvgIpc) is 3.14. The van der Waals surface area contributed by atoms with Crippen LogP contribution in [-0.2, 0) is 17.9 Å².